The standard InChI is InChI=1S/C11H20N4O/c1-4-9-10(12-5-2)13-8-14-11(9)15(3)6-7-16/h8,16H,4-7H2,1-3H3,(H,12,13,14). The van der Waals surface area contributed by atoms with E-state index in [1.807, 2.05) is 18.9 Å². The second kappa shape index (κ2) is 6.27. The minimum absolute atomic E-state index is 0.125. The lowest BCUT2D eigenvalue weighted by Crippen LogP contribution is -2.24. The Balaban J connectivity index is 3.02. The Kier molecular flexibility index (Phi) is 4.98. The number of nitrogens with zero attached hydrogens (tertiary/aromatic N) is 3. The Labute approximate surface area is 96.5 Å². The highest BCUT2D eigenvalue weighted by molar-refractivity contribution is 5.58. The second-order valence-electron chi connectivity index (χ2n) is 3.55. The zero-order chi connectivity index (χ0) is 12.0. The topological polar surface area (TPSA) is 61.3 Å². The average molecular weight is 224 g/mol. The molecule has 0 fully saturated rings. The van der Waals surface area contributed by atoms with E-state index in [2.05, 4.69) is 22.2 Å². The van der Waals surface area contributed by atoms with Gasteiger partial charge in [0, 0.05) is 25.7 Å². The predicted molar refractivity (Wildman–Crippen MR) is 65.9 cm³/mol. The number of nitrogens with one attached hydrogen (secondary N) is 1. The van der Waals surface area contributed by atoms with Crippen LogP contribution in [0.15, 0.2) is 6.33 Å². The molecule has 0 bridgehead atoms. The summed E-state index contributed by atoms with van der Waals surface area (Å²) >= 11 is 0. The molecule has 1 rings (SSSR count). The van der Waals surface area contributed by atoms with E-state index in [0.29, 0.717) is 6.54 Å². The van der Waals surface area contributed by atoms with Gasteiger partial charge in [-0.3, -0.25) is 0 Å². The highest BCUT2D eigenvalue weighted by Gasteiger charge is 2.12. The molecule has 0 aliphatic heterocycles. The van der Waals surface area contributed by atoms with Gasteiger partial charge < -0.3 is 15.3 Å². The highest BCUT2D eigenvalue weighted by Crippen LogP contribution is 2.22. The van der Waals surface area contributed by atoms with Gasteiger partial charge in [0.05, 0.1) is 6.61 Å². The van der Waals surface area contributed by atoms with E-state index in [1.165, 1.54) is 0 Å². The number of likely N-dealkylation sites (N-methyl/N-ethyl adjacent to an activating group) is 1. The quantitative estimate of drug-likeness (QED) is 0.751. The van der Waals surface area contributed by atoms with Crippen molar-refractivity contribution in [1.29, 1.82) is 0 Å². The van der Waals surface area contributed by atoms with Gasteiger partial charge >= 0.3 is 0 Å². The van der Waals surface area contributed by atoms with Crippen molar-refractivity contribution in [3.63, 3.8) is 0 Å². The maximum Gasteiger partial charge on any atom is 0.137 e. The van der Waals surface area contributed by atoms with Crippen molar-refractivity contribution in [2.75, 3.05) is 37.0 Å². The minimum Gasteiger partial charge on any atom is -0.395 e. The largest absolute Gasteiger partial charge is 0.395 e. The summed E-state index contributed by atoms with van der Waals surface area (Å²) in [6.07, 6.45) is 2.43. The maximum absolute atomic E-state index is 8.93. The van der Waals surface area contributed by atoms with E-state index in [0.717, 1.165) is 30.2 Å². The van der Waals surface area contributed by atoms with E-state index in [4.69, 9.17) is 5.11 Å². The van der Waals surface area contributed by atoms with Gasteiger partial charge in [-0.2, -0.15) is 0 Å². The third-order valence-corrected chi connectivity index (χ3v) is 2.42. The summed E-state index contributed by atoms with van der Waals surface area (Å²) in [4.78, 5) is 10.5. The van der Waals surface area contributed by atoms with Crippen molar-refractivity contribution in [3.05, 3.63) is 11.9 Å². The minimum atomic E-state index is 0.125. The van der Waals surface area contributed by atoms with Crippen LogP contribution in [-0.2, 0) is 6.42 Å². The monoisotopic (exact) mass is 224 g/mol. The van der Waals surface area contributed by atoms with Crippen LogP contribution in [0.5, 0.6) is 0 Å². The molecule has 0 aliphatic carbocycles. The van der Waals surface area contributed by atoms with Gasteiger partial charge in [0.1, 0.15) is 18.0 Å². The molecule has 0 aliphatic rings. The van der Waals surface area contributed by atoms with Crippen molar-refractivity contribution in [3.8, 4) is 0 Å². The van der Waals surface area contributed by atoms with Crippen LogP contribution in [0.2, 0.25) is 0 Å². The lowest BCUT2D eigenvalue weighted by molar-refractivity contribution is 0.303. The molecule has 0 spiro atoms. The van der Waals surface area contributed by atoms with Gasteiger partial charge in [-0.15, -0.1) is 0 Å². The fourth-order valence-electron chi connectivity index (χ4n) is 1.63. The summed E-state index contributed by atoms with van der Waals surface area (Å²) < 4.78 is 0. The number of aliphatic hydroxyl groups is 1. The fraction of sp³-hybridized carbons (Fsp3) is 0.636. The molecule has 0 amide bonds. The highest BCUT2D eigenvalue weighted by atomic mass is 16.3. The summed E-state index contributed by atoms with van der Waals surface area (Å²) in [6.45, 7) is 5.66. The third kappa shape index (κ3) is 2.82. The molecule has 5 heteroatoms. The van der Waals surface area contributed by atoms with Gasteiger partial charge in [-0.25, -0.2) is 9.97 Å². The van der Waals surface area contributed by atoms with Gasteiger partial charge in [0.2, 0.25) is 0 Å². The first-order chi connectivity index (χ1) is 7.74. The third-order valence-electron chi connectivity index (χ3n) is 2.42. The van der Waals surface area contributed by atoms with Crippen LogP contribution in [-0.4, -0.2) is 41.8 Å². The Morgan fingerprint density at radius 1 is 1.38 bits per heavy atom. The molecule has 2 N–H and O–H groups in total. The van der Waals surface area contributed by atoms with Crippen LogP contribution < -0.4 is 10.2 Å². The number of aliphatic hydroxyl groups excluding tert-OH is 1. The predicted octanol–water partition coefficient (Wildman–Crippen LogP) is 0.899. The Bertz CT molecular complexity index is 330. The van der Waals surface area contributed by atoms with Crippen LogP contribution in [0.4, 0.5) is 11.6 Å². The van der Waals surface area contributed by atoms with Crippen LogP contribution >= 0.6 is 0 Å². The fourth-order valence-corrected chi connectivity index (χ4v) is 1.63. The Hall–Kier alpha value is -1.36. The summed E-state index contributed by atoms with van der Waals surface area (Å²) in [6, 6.07) is 0. The van der Waals surface area contributed by atoms with Crippen molar-refractivity contribution in [2.45, 2.75) is 20.3 Å². The van der Waals surface area contributed by atoms with E-state index in [1.54, 1.807) is 6.33 Å². The molecule has 0 saturated carbocycles. The van der Waals surface area contributed by atoms with E-state index in [9.17, 15) is 0 Å². The van der Waals surface area contributed by atoms with Crippen molar-refractivity contribution in [1.82, 2.24) is 9.97 Å². The van der Waals surface area contributed by atoms with E-state index >= 15 is 0 Å². The summed E-state index contributed by atoms with van der Waals surface area (Å²) in [5.41, 5.74) is 1.10. The van der Waals surface area contributed by atoms with Crippen molar-refractivity contribution >= 4 is 11.6 Å². The zero-order valence-electron chi connectivity index (χ0n) is 10.2. The zero-order valence-corrected chi connectivity index (χ0v) is 10.2. The maximum atomic E-state index is 8.93. The van der Waals surface area contributed by atoms with Gasteiger partial charge in [0.15, 0.2) is 0 Å². The summed E-state index contributed by atoms with van der Waals surface area (Å²) in [5, 5.41) is 12.2. The molecule has 5 nitrogen and oxygen atoms in total. The molecule has 1 heterocycles. The SMILES string of the molecule is CCNc1ncnc(N(C)CCO)c1CC. The number of aromatic nitrogens is 2. The van der Waals surface area contributed by atoms with E-state index < -0.39 is 0 Å². The van der Waals surface area contributed by atoms with Gasteiger partial charge in [-0.1, -0.05) is 6.92 Å². The van der Waals surface area contributed by atoms with Crippen molar-refractivity contribution < 1.29 is 5.11 Å². The molecule has 0 atom stereocenters. The van der Waals surface area contributed by atoms with Gasteiger partial charge in [0.25, 0.3) is 0 Å². The Morgan fingerprint density at radius 3 is 2.69 bits per heavy atom. The number of hydrogen-bond donors (Lipinski definition) is 2. The molecule has 1 aromatic heterocycles. The smallest absolute Gasteiger partial charge is 0.137 e. The normalized spacial score (nSPS) is 10.2. The summed E-state index contributed by atoms with van der Waals surface area (Å²) in [7, 11) is 1.92. The molecular formula is C11H20N4O. The number of rotatable bonds is 6. The summed E-state index contributed by atoms with van der Waals surface area (Å²) in [5.74, 6) is 1.78. The molecule has 16 heavy (non-hydrogen) atoms. The average Bonchev–Trinajstić information content (AvgIpc) is 2.29. The first-order valence-electron chi connectivity index (χ1n) is 5.64. The Morgan fingerprint density at radius 2 is 2.12 bits per heavy atom. The van der Waals surface area contributed by atoms with Gasteiger partial charge in [-0.05, 0) is 13.3 Å². The second-order valence-corrected chi connectivity index (χ2v) is 3.55. The first kappa shape index (κ1) is 12.7. The van der Waals surface area contributed by atoms with Crippen LogP contribution in [0.1, 0.15) is 19.4 Å². The molecule has 0 aromatic carbocycles. The molecule has 0 saturated heterocycles. The molecule has 0 radical (unpaired) electrons. The van der Waals surface area contributed by atoms with Crippen LogP contribution in [0, 0.1) is 0 Å². The number of anilines is 2. The molecule has 90 valence electrons. The van der Waals surface area contributed by atoms with Crippen LogP contribution in [0.3, 0.4) is 0 Å². The van der Waals surface area contributed by atoms with E-state index in [-0.39, 0.29) is 6.61 Å². The first-order valence-corrected chi connectivity index (χ1v) is 5.64. The van der Waals surface area contributed by atoms with Crippen LogP contribution in [0.25, 0.3) is 0 Å². The van der Waals surface area contributed by atoms with Crippen molar-refractivity contribution in [2.24, 2.45) is 0 Å². The lowest BCUT2D eigenvalue weighted by atomic mass is 10.2. The number of hydrogen-bond acceptors (Lipinski definition) is 5. The molecular weight excluding hydrogens is 204 g/mol. The molecule has 1 aromatic rings. The molecule has 0 unspecified atom stereocenters. The lowest BCUT2D eigenvalue weighted by Gasteiger charge is -2.21.